The molecule has 2 rings (SSSR count). The molecule has 1 N–H and O–H groups in total. The summed E-state index contributed by atoms with van der Waals surface area (Å²) in [6, 6.07) is 2.72. The van der Waals surface area contributed by atoms with Crippen molar-refractivity contribution in [1.82, 2.24) is 4.57 Å². The summed E-state index contributed by atoms with van der Waals surface area (Å²) in [5.41, 5.74) is 1.92. The van der Waals surface area contributed by atoms with Gasteiger partial charge in [-0.05, 0) is 30.9 Å². The van der Waals surface area contributed by atoms with Crippen molar-refractivity contribution in [3.8, 4) is 5.75 Å². The highest BCUT2D eigenvalue weighted by molar-refractivity contribution is 5.90. The maximum absolute atomic E-state index is 13.5. The minimum Gasteiger partial charge on any atom is -0.507 e. The molecule has 0 spiro atoms. The van der Waals surface area contributed by atoms with Gasteiger partial charge in [-0.1, -0.05) is 40.5 Å². The van der Waals surface area contributed by atoms with Crippen LogP contribution in [0.4, 0.5) is 4.39 Å². The molecule has 1 heterocycles. The number of unbranched alkanes of at least 4 members (excludes halogenated alkanes) is 1. The molecule has 0 fully saturated rings. The molecule has 1 unspecified atom stereocenters. The van der Waals surface area contributed by atoms with E-state index in [4.69, 9.17) is 0 Å². The number of phenols is 1. The largest absolute Gasteiger partial charge is 0.507 e. The minimum absolute atomic E-state index is 0.0561. The molecule has 21 heavy (non-hydrogen) atoms. The molecule has 1 aromatic heterocycles. The summed E-state index contributed by atoms with van der Waals surface area (Å²) < 4.78 is 15.5. The maximum Gasteiger partial charge on any atom is 0.129 e. The molecule has 0 aliphatic rings. The van der Waals surface area contributed by atoms with Gasteiger partial charge in [-0.25, -0.2) is 4.39 Å². The van der Waals surface area contributed by atoms with Crippen molar-refractivity contribution in [2.45, 2.75) is 66.3 Å². The van der Waals surface area contributed by atoms with E-state index in [9.17, 15) is 9.50 Å². The Kier molecular flexibility index (Phi) is 6.73. The zero-order chi connectivity index (χ0) is 16.0. The smallest absolute Gasteiger partial charge is 0.129 e. The van der Waals surface area contributed by atoms with Crippen LogP contribution in [-0.4, -0.2) is 9.67 Å². The summed E-state index contributed by atoms with van der Waals surface area (Å²) in [5, 5.41) is 10.9. The zero-order valence-electron chi connectivity index (χ0n) is 13.9. The van der Waals surface area contributed by atoms with E-state index in [0.29, 0.717) is 5.92 Å². The van der Waals surface area contributed by atoms with Crippen LogP contribution in [0.25, 0.3) is 10.9 Å². The highest BCUT2D eigenvalue weighted by Gasteiger charge is 2.17. The molecule has 2 aromatic rings. The van der Waals surface area contributed by atoms with Gasteiger partial charge < -0.3 is 9.67 Å². The number of rotatable bonds is 5. The second-order valence-corrected chi connectivity index (χ2v) is 5.23. The lowest BCUT2D eigenvalue weighted by atomic mass is 9.95. The van der Waals surface area contributed by atoms with Gasteiger partial charge in [-0.15, -0.1) is 0 Å². The molecular weight excluding hydrogens is 265 g/mol. The SMILES string of the molecule is CC.CCCCC(C)c1cn(CC)c2cc(F)cc(O)c12. The first kappa shape index (κ1) is 17.5. The third kappa shape index (κ3) is 3.78. The van der Waals surface area contributed by atoms with Gasteiger partial charge >= 0.3 is 0 Å². The molecular formula is C18H28FNO. The quantitative estimate of drug-likeness (QED) is 0.737. The number of aromatic nitrogens is 1. The Morgan fingerprint density at radius 2 is 1.90 bits per heavy atom. The molecule has 0 aliphatic heterocycles. The van der Waals surface area contributed by atoms with Crippen molar-refractivity contribution in [2.24, 2.45) is 0 Å². The van der Waals surface area contributed by atoms with Crippen molar-refractivity contribution < 1.29 is 9.50 Å². The van der Waals surface area contributed by atoms with Crippen molar-refractivity contribution in [3.05, 3.63) is 29.7 Å². The van der Waals surface area contributed by atoms with Crippen LogP contribution >= 0.6 is 0 Å². The van der Waals surface area contributed by atoms with Crippen molar-refractivity contribution >= 4 is 10.9 Å². The average molecular weight is 293 g/mol. The monoisotopic (exact) mass is 293 g/mol. The summed E-state index contributed by atoms with van der Waals surface area (Å²) in [4.78, 5) is 0. The predicted molar refractivity (Wildman–Crippen MR) is 88.5 cm³/mol. The van der Waals surface area contributed by atoms with Gasteiger partial charge in [-0.3, -0.25) is 0 Å². The Morgan fingerprint density at radius 1 is 1.24 bits per heavy atom. The van der Waals surface area contributed by atoms with E-state index in [1.165, 1.54) is 18.6 Å². The first-order valence-corrected chi connectivity index (χ1v) is 8.09. The van der Waals surface area contributed by atoms with Gasteiger partial charge in [-0.2, -0.15) is 0 Å². The molecule has 118 valence electrons. The van der Waals surface area contributed by atoms with E-state index >= 15 is 0 Å². The van der Waals surface area contributed by atoms with Gasteiger partial charge in [0.25, 0.3) is 0 Å². The zero-order valence-corrected chi connectivity index (χ0v) is 13.9. The lowest BCUT2D eigenvalue weighted by Crippen LogP contribution is -1.93. The van der Waals surface area contributed by atoms with E-state index in [2.05, 4.69) is 20.0 Å². The van der Waals surface area contributed by atoms with Gasteiger partial charge in [0.15, 0.2) is 0 Å². The van der Waals surface area contributed by atoms with E-state index in [-0.39, 0.29) is 11.6 Å². The fourth-order valence-corrected chi connectivity index (χ4v) is 2.70. The van der Waals surface area contributed by atoms with Crippen LogP contribution in [0.3, 0.4) is 0 Å². The fourth-order valence-electron chi connectivity index (χ4n) is 2.70. The number of halogens is 1. The Balaban J connectivity index is 0.00000106. The molecule has 1 atom stereocenters. The van der Waals surface area contributed by atoms with Crippen LogP contribution in [0.15, 0.2) is 18.3 Å². The van der Waals surface area contributed by atoms with Crippen LogP contribution in [-0.2, 0) is 6.54 Å². The Hall–Kier alpha value is -1.51. The summed E-state index contributed by atoms with van der Waals surface area (Å²) in [6.07, 6.45) is 5.49. The number of aryl methyl sites for hydroxylation is 1. The lowest BCUT2D eigenvalue weighted by Gasteiger charge is -2.10. The van der Waals surface area contributed by atoms with Crippen LogP contribution in [0.1, 0.15) is 65.4 Å². The van der Waals surface area contributed by atoms with Crippen molar-refractivity contribution in [1.29, 1.82) is 0 Å². The molecule has 0 saturated heterocycles. The van der Waals surface area contributed by atoms with Gasteiger partial charge in [0.2, 0.25) is 0 Å². The molecule has 0 saturated carbocycles. The first-order valence-electron chi connectivity index (χ1n) is 8.09. The van der Waals surface area contributed by atoms with E-state index in [0.717, 1.165) is 35.9 Å². The lowest BCUT2D eigenvalue weighted by molar-refractivity contribution is 0.475. The standard InChI is InChI=1S/C16H22FNO.C2H6/c1-4-6-7-11(3)13-10-18(5-2)14-8-12(17)9-15(19)16(13)14;1-2/h8-11,19H,4-7H2,1-3H3;1-2H3. The Labute approximate surface area is 127 Å². The molecule has 1 aromatic carbocycles. The second-order valence-electron chi connectivity index (χ2n) is 5.23. The second kappa shape index (κ2) is 8.06. The van der Waals surface area contributed by atoms with E-state index in [1.807, 2.05) is 25.3 Å². The molecule has 0 aliphatic carbocycles. The molecule has 0 radical (unpaired) electrons. The third-order valence-corrected chi connectivity index (χ3v) is 3.82. The summed E-state index contributed by atoms with van der Waals surface area (Å²) in [7, 11) is 0. The number of fused-ring (bicyclic) bond motifs is 1. The number of aromatic hydroxyl groups is 1. The van der Waals surface area contributed by atoms with Gasteiger partial charge in [0.05, 0.1) is 5.52 Å². The Morgan fingerprint density at radius 3 is 2.48 bits per heavy atom. The molecule has 0 bridgehead atoms. The van der Waals surface area contributed by atoms with Crippen LogP contribution < -0.4 is 0 Å². The van der Waals surface area contributed by atoms with E-state index < -0.39 is 0 Å². The number of nitrogens with zero attached hydrogens (tertiary/aromatic N) is 1. The summed E-state index contributed by atoms with van der Waals surface area (Å²) in [5.74, 6) is 0.0534. The summed E-state index contributed by atoms with van der Waals surface area (Å²) >= 11 is 0. The summed E-state index contributed by atoms with van der Waals surface area (Å²) in [6.45, 7) is 11.2. The first-order chi connectivity index (χ1) is 10.1. The van der Waals surface area contributed by atoms with Gasteiger partial charge in [0.1, 0.15) is 11.6 Å². The van der Waals surface area contributed by atoms with Crippen LogP contribution in [0.5, 0.6) is 5.75 Å². The average Bonchev–Trinajstić information content (AvgIpc) is 2.85. The molecule has 3 heteroatoms. The fraction of sp³-hybridized carbons (Fsp3) is 0.556. The number of hydrogen-bond acceptors (Lipinski definition) is 1. The van der Waals surface area contributed by atoms with Crippen molar-refractivity contribution in [3.63, 3.8) is 0 Å². The number of hydrogen-bond donors (Lipinski definition) is 1. The van der Waals surface area contributed by atoms with Crippen molar-refractivity contribution in [2.75, 3.05) is 0 Å². The highest BCUT2D eigenvalue weighted by atomic mass is 19.1. The van der Waals surface area contributed by atoms with Crippen LogP contribution in [0, 0.1) is 5.82 Å². The Bertz CT molecular complexity index is 574. The number of phenolic OH excluding ortho intramolecular Hbond substituents is 1. The minimum atomic E-state index is -0.384. The van der Waals surface area contributed by atoms with Crippen LogP contribution in [0.2, 0.25) is 0 Å². The molecule has 2 nitrogen and oxygen atoms in total. The third-order valence-electron chi connectivity index (χ3n) is 3.82. The number of benzene rings is 1. The van der Waals surface area contributed by atoms with E-state index in [1.54, 1.807) is 0 Å². The maximum atomic E-state index is 13.5. The topological polar surface area (TPSA) is 25.2 Å². The molecule has 0 amide bonds. The predicted octanol–water partition coefficient (Wildman–Crippen LogP) is 5.83. The van der Waals surface area contributed by atoms with Gasteiger partial charge in [0, 0.05) is 24.2 Å². The highest BCUT2D eigenvalue weighted by Crippen LogP contribution is 2.36. The normalized spacial score (nSPS) is 12.1.